The Hall–Kier alpha value is -1.00. The van der Waals surface area contributed by atoms with Crippen LogP contribution in [-0.4, -0.2) is 29.1 Å². The number of piperidine rings is 1. The van der Waals surface area contributed by atoms with Gasteiger partial charge in [0.05, 0.1) is 11.4 Å². The summed E-state index contributed by atoms with van der Waals surface area (Å²) in [5.41, 5.74) is 1.99. The number of hydrogen-bond acceptors (Lipinski definition) is 4. The van der Waals surface area contributed by atoms with Crippen molar-refractivity contribution < 1.29 is 0 Å². The average molecular weight is 206 g/mol. The van der Waals surface area contributed by atoms with Gasteiger partial charge in [-0.1, -0.05) is 0 Å². The van der Waals surface area contributed by atoms with Crippen LogP contribution in [0.3, 0.4) is 0 Å². The molecule has 4 heteroatoms. The Labute approximate surface area is 90.5 Å². The molecule has 1 atom stereocenters. The van der Waals surface area contributed by atoms with Crippen molar-refractivity contribution in [3.8, 4) is 0 Å². The molecule has 0 bridgehead atoms. The van der Waals surface area contributed by atoms with Gasteiger partial charge in [-0.3, -0.25) is 9.97 Å². The molecule has 0 saturated carbocycles. The Balaban J connectivity index is 1.79. The van der Waals surface area contributed by atoms with Crippen LogP contribution in [-0.2, 0) is 6.54 Å². The molecule has 0 aliphatic carbocycles. The van der Waals surface area contributed by atoms with Crippen LogP contribution in [0.15, 0.2) is 12.4 Å². The molecule has 4 nitrogen and oxygen atoms in total. The van der Waals surface area contributed by atoms with E-state index in [-0.39, 0.29) is 0 Å². The maximum Gasteiger partial charge on any atom is 0.0724 e. The second-order valence-corrected chi connectivity index (χ2v) is 4.07. The fourth-order valence-electron chi connectivity index (χ4n) is 1.79. The maximum atomic E-state index is 4.32. The molecule has 1 saturated heterocycles. The smallest absolute Gasteiger partial charge is 0.0724 e. The molecule has 82 valence electrons. The molecule has 1 aliphatic rings. The van der Waals surface area contributed by atoms with Gasteiger partial charge in [0.25, 0.3) is 0 Å². The summed E-state index contributed by atoms with van der Waals surface area (Å²) < 4.78 is 0. The minimum absolute atomic E-state index is 0.585. The lowest BCUT2D eigenvalue weighted by molar-refractivity contribution is 0.387. The van der Waals surface area contributed by atoms with Gasteiger partial charge in [0.1, 0.15) is 0 Å². The zero-order valence-corrected chi connectivity index (χ0v) is 9.16. The van der Waals surface area contributed by atoms with Gasteiger partial charge in [-0.2, -0.15) is 0 Å². The van der Waals surface area contributed by atoms with E-state index in [2.05, 4.69) is 20.6 Å². The van der Waals surface area contributed by atoms with Crippen LogP contribution in [0.25, 0.3) is 0 Å². The third kappa shape index (κ3) is 3.25. The number of aromatic nitrogens is 2. The molecule has 2 N–H and O–H groups in total. The summed E-state index contributed by atoms with van der Waals surface area (Å²) in [4.78, 5) is 8.54. The summed E-state index contributed by atoms with van der Waals surface area (Å²) in [6.07, 6.45) is 6.18. The SMILES string of the molecule is Cc1cnc(CNC2CCCNC2)cn1. The topological polar surface area (TPSA) is 49.8 Å². The molecule has 1 unspecified atom stereocenters. The monoisotopic (exact) mass is 206 g/mol. The largest absolute Gasteiger partial charge is 0.315 e. The first-order valence-electron chi connectivity index (χ1n) is 5.56. The van der Waals surface area contributed by atoms with E-state index in [1.54, 1.807) is 0 Å². The van der Waals surface area contributed by atoms with Crippen LogP contribution in [0.1, 0.15) is 24.2 Å². The van der Waals surface area contributed by atoms with Crippen molar-refractivity contribution in [1.29, 1.82) is 0 Å². The fraction of sp³-hybridized carbons (Fsp3) is 0.636. The number of rotatable bonds is 3. The highest BCUT2D eigenvalue weighted by molar-refractivity contribution is 5.00. The van der Waals surface area contributed by atoms with Gasteiger partial charge in [-0.05, 0) is 26.3 Å². The van der Waals surface area contributed by atoms with Crippen molar-refractivity contribution in [2.24, 2.45) is 0 Å². The molecule has 0 amide bonds. The standard InChI is InChI=1S/C11H18N4/c1-9-5-14-11(7-13-9)8-15-10-3-2-4-12-6-10/h5,7,10,12,15H,2-4,6,8H2,1H3. The summed E-state index contributed by atoms with van der Waals surface area (Å²) in [7, 11) is 0. The molecule has 1 aromatic heterocycles. The van der Waals surface area contributed by atoms with Gasteiger partial charge >= 0.3 is 0 Å². The van der Waals surface area contributed by atoms with Crippen molar-refractivity contribution in [2.75, 3.05) is 13.1 Å². The molecule has 2 heterocycles. The fourth-order valence-corrected chi connectivity index (χ4v) is 1.79. The number of hydrogen-bond donors (Lipinski definition) is 2. The Kier molecular flexibility index (Phi) is 3.64. The second-order valence-electron chi connectivity index (χ2n) is 4.07. The van der Waals surface area contributed by atoms with E-state index in [9.17, 15) is 0 Å². The van der Waals surface area contributed by atoms with Crippen LogP contribution in [0.2, 0.25) is 0 Å². The van der Waals surface area contributed by atoms with Crippen LogP contribution in [0, 0.1) is 6.92 Å². The predicted molar refractivity (Wildman–Crippen MR) is 59.5 cm³/mol. The normalized spacial score (nSPS) is 21.5. The third-order valence-electron chi connectivity index (χ3n) is 2.70. The molecular formula is C11H18N4. The first kappa shape index (κ1) is 10.5. The summed E-state index contributed by atoms with van der Waals surface area (Å²) in [5.74, 6) is 0. The van der Waals surface area contributed by atoms with Crippen molar-refractivity contribution in [3.05, 3.63) is 23.8 Å². The minimum Gasteiger partial charge on any atom is -0.315 e. The minimum atomic E-state index is 0.585. The summed E-state index contributed by atoms with van der Waals surface area (Å²) >= 11 is 0. The van der Waals surface area contributed by atoms with Crippen LogP contribution in [0.5, 0.6) is 0 Å². The second kappa shape index (κ2) is 5.19. The van der Waals surface area contributed by atoms with Gasteiger partial charge in [0, 0.05) is 31.5 Å². The molecule has 0 aromatic carbocycles. The van der Waals surface area contributed by atoms with Crippen molar-refractivity contribution in [1.82, 2.24) is 20.6 Å². The summed E-state index contributed by atoms with van der Waals surface area (Å²) in [5, 5.41) is 6.87. The van der Waals surface area contributed by atoms with E-state index < -0.39 is 0 Å². The molecule has 1 aliphatic heterocycles. The zero-order chi connectivity index (χ0) is 10.5. The first-order valence-corrected chi connectivity index (χ1v) is 5.56. The number of nitrogens with one attached hydrogen (secondary N) is 2. The van der Waals surface area contributed by atoms with E-state index in [4.69, 9.17) is 0 Å². The Morgan fingerprint density at radius 2 is 2.40 bits per heavy atom. The van der Waals surface area contributed by atoms with E-state index in [1.165, 1.54) is 12.8 Å². The van der Waals surface area contributed by atoms with Crippen molar-refractivity contribution >= 4 is 0 Å². The van der Waals surface area contributed by atoms with Crippen molar-refractivity contribution in [2.45, 2.75) is 32.4 Å². The van der Waals surface area contributed by atoms with Crippen LogP contribution < -0.4 is 10.6 Å². The van der Waals surface area contributed by atoms with E-state index in [0.29, 0.717) is 6.04 Å². The Morgan fingerprint density at radius 1 is 1.47 bits per heavy atom. The quantitative estimate of drug-likeness (QED) is 0.761. The maximum absolute atomic E-state index is 4.32. The zero-order valence-electron chi connectivity index (χ0n) is 9.16. The first-order chi connectivity index (χ1) is 7.34. The van der Waals surface area contributed by atoms with Crippen LogP contribution >= 0.6 is 0 Å². The molecule has 1 fully saturated rings. The summed E-state index contributed by atoms with van der Waals surface area (Å²) in [6.45, 7) is 5.00. The molecule has 0 radical (unpaired) electrons. The van der Waals surface area contributed by atoms with Gasteiger partial charge in [-0.25, -0.2) is 0 Å². The van der Waals surface area contributed by atoms with E-state index in [1.807, 2.05) is 19.3 Å². The molecule has 2 rings (SSSR count). The highest BCUT2D eigenvalue weighted by Gasteiger charge is 2.11. The van der Waals surface area contributed by atoms with Crippen LogP contribution in [0.4, 0.5) is 0 Å². The van der Waals surface area contributed by atoms with Gasteiger partial charge < -0.3 is 10.6 Å². The number of aryl methyl sites for hydroxylation is 1. The van der Waals surface area contributed by atoms with E-state index in [0.717, 1.165) is 31.0 Å². The van der Waals surface area contributed by atoms with Crippen molar-refractivity contribution in [3.63, 3.8) is 0 Å². The Morgan fingerprint density at radius 3 is 3.07 bits per heavy atom. The van der Waals surface area contributed by atoms with E-state index >= 15 is 0 Å². The molecule has 0 spiro atoms. The number of nitrogens with zero attached hydrogens (tertiary/aromatic N) is 2. The predicted octanol–water partition coefficient (Wildman–Crippen LogP) is 0.627. The lowest BCUT2D eigenvalue weighted by Gasteiger charge is -2.23. The molecule has 1 aromatic rings. The Bertz CT molecular complexity index is 290. The lowest BCUT2D eigenvalue weighted by Crippen LogP contribution is -2.42. The summed E-state index contributed by atoms with van der Waals surface area (Å²) in [6, 6.07) is 0.585. The highest BCUT2D eigenvalue weighted by atomic mass is 15.0. The van der Waals surface area contributed by atoms with Gasteiger partial charge in [0.15, 0.2) is 0 Å². The lowest BCUT2D eigenvalue weighted by atomic mass is 10.1. The highest BCUT2D eigenvalue weighted by Crippen LogP contribution is 2.02. The molecule has 15 heavy (non-hydrogen) atoms. The average Bonchev–Trinajstić information content (AvgIpc) is 2.30. The van der Waals surface area contributed by atoms with Gasteiger partial charge in [0.2, 0.25) is 0 Å². The third-order valence-corrected chi connectivity index (χ3v) is 2.70. The molecular weight excluding hydrogens is 188 g/mol. The van der Waals surface area contributed by atoms with Gasteiger partial charge in [-0.15, -0.1) is 0 Å².